The second kappa shape index (κ2) is 11.7. The zero-order chi connectivity index (χ0) is 32.1. The Balaban J connectivity index is 1.18. The Labute approximate surface area is 271 Å². The number of nitrogens with one attached hydrogen (secondary N) is 1. The van der Waals surface area contributed by atoms with Gasteiger partial charge in [-0.05, 0) is 54.9 Å². The number of likely N-dealkylation sites (N-methyl/N-ethyl adjacent to an activating group) is 1. The molecular formula is C35H31ClN8O2. The quantitative estimate of drug-likeness (QED) is 0.245. The number of hydrogen-bond donors (Lipinski definition) is 1. The molecule has 5 aromatic rings. The number of anilines is 1. The molecule has 0 unspecified atom stereocenters. The summed E-state index contributed by atoms with van der Waals surface area (Å²) in [5.74, 6) is 0.503. The first kappa shape index (κ1) is 29.7. The number of fused-ring (bicyclic) bond motifs is 2. The van der Waals surface area contributed by atoms with E-state index in [1.165, 1.54) is 0 Å². The topological polar surface area (TPSA) is 127 Å². The third-order valence-corrected chi connectivity index (χ3v) is 9.37. The monoisotopic (exact) mass is 630 g/mol. The number of aromatic nitrogens is 3. The van der Waals surface area contributed by atoms with Crippen molar-refractivity contribution >= 4 is 34.3 Å². The molecule has 2 aliphatic rings. The van der Waals surface area contributed by atoms with Gasteiger partial charge in [0.1, 0.15) is 11.6 Å². The summed E-state index contributed by atoms with van der Waals surface area (Å²) in [4.78, 5) is 27.2. The van der Waals surface area contributed by atoms with Gasteiger partial charge in [0.2, 0.25) is 5.89 Å². The molecule has 1 N–H and O–H groups in total. The van der Waals surface area contributed by atoms with Gasteiger partial charge in [-0.2, -0.15) is 10.5 Å². The Bertz CT molecular complexity index is 2110. The molecular weight excluding hydrogens is 600 g/mol. The molecule has 3 aromatic carbocycles. The van der Waals surface area contributed by atoms with Crippen LogP contribution in [0.1, 0.15) is 38.7 Å². The van der Waals surface area contributed by atoms with E-state index in [4.69, 9.17) is 26.3 Å². The minimum absolute atomic E-state index is 0.0620. The summed E-state index contributed by atoms with van der Waals surface area (Å²) in [6.07, 6.45) is 0.843. The molecule has 1 amide bonds. The van der Waals surface area contributed by atoms with Gasteiger partial charge in [-0.1, -0.05) is 35.9 Å². The van der Waals surface area contributed by atoms with Crippen LogP contribution in [0.25, 0.3) is 33.7 Å². The number of hydrogen-bond acceptors (Lipinski definition) is 8. The van der Waals surface area contributed by atoms with Crippen molar-refractivity contribution in [3.8, 4) is 34.7 Å². The molecule has 0 spiro atoms. The van der Waals surface area contributed by atoms with Crippen molar-refractivity contribution in [2.45, 2.75) is 26.4 Å². The predicted molar refractivity (Wildman–Crippen MR) is 175 cm³/mol. The smallest absolute Gasteiger partial charge is 0.291 e. The highest BCUT2D eigenvalue weighted by molar-refractivity contribution is 6.36. The van der Waals surface area contributed by atoms with Crippen molar-refractivity contribution in [1.29, 1.82) is 10.5 Å². The lowest BCUT2D eigenvalue weighted by Gasteiger charge is -2.35. The molecule has 0 radical (unpaired) electrons. The molecule has 4 heterocycles. The second-order valence-corrected chi connectivity index (χ2v) is 12.5. The fraction of sp³-hybridized carbons (Fsp3) is 0.286. The number of oxazole rings is 1. The molecule has 1 fully saturated rings. The molecule has 2 aromatic heterocycles. The maximum atomic E-state index is 13.4. The van der Waals surface area contributed by atoms with Gasteiger partial charge in [-0.3, -0.25) is 9.69 Å². The highest BCUT2D eigenvalue weighted by Gasteiger charge is 2.27. The predicted octanol–water partition coefficient (Wildman–Crippen LogP) is 5.92. The average molecular weight is 631 g/mol. The average Bonchev–Trinajstić information content (AvgIpc) is 3.60. The van der Waals surface area contributed by atoms with Crippen LogP contribution < -0.4 is 5.32 Å². The molecule has 10 nitrogen and oxygen atoms in total. The van der Waals surface area contributed by atoms with Crippen LogP contribution in [0.15, 0.2) is 52.9 Å². The van der Waals surface area contributed by atoms with Gasteiger partial charge in [0.25, 0.3) is 5.91 Å². The van der Waals surface area contributed by atoms with Gasteiger partial charge in [0.05, 0.1) is 34.0 Å². The van der Waals surface area contributed by atoms with E-state index in [2.05, 4.69) is 32.2 Å². The van der Waals surface area contributed by atoms with Gasteiger partial charge in [0.15, 0.2) is 11.4 Å². The van der Waals surface area contributed by atoms with Crippen LogP contribution in [-0.4, -0.2) is 56.9 Å². The van der Waals surface area contributed by atoms with Gasteiger partial charge < -0.3 is 19.2 Å². The van der Waals surface area contributed by atoms with Crippen LogP contribution in [0.5, 0.6) is 0 Å². The summed E-state index contributed by atoms with van der Waals surface area (Å²) in [7, 11) is 3.92. The van der Waals surface area contributed by atoms with Crippen LogP contribution >= 0.6 is 11.6 Å². The van der Waals surface area contributed by atoms with Crippen LogP contribution in [0.2, 0.25) is 5.02 Å². The highest BCUT2D eigenvalue weighted by Crippen LogP contribution is 2.39. The first-order valence-electron chi connectivity index (χ1n) is 15.1. The number of rotatable bonds is 6. The van der Waals surface area contributed by atoms with Gasteiger partial charge in [-0.25, -0.2) is 9.97 Å². The Morgan fingerprint density at radius 1 is 1.09 bits per heavy atom. The first-order valence-corrected chi connectivity index (χ1v) is 15.5. The number of carbonyl (C=O) groups excluding carboxylic acids is 1. The molecule has 0 saturated carbocycles. The maximum absolute atomic E-state index is 13.4. The second-order valence-electron chi connectivity index (χ2n) is 12.1. The number of imidazole rings is 1. The van der Waals surface area contributed by atoms with Crippen molar-refractivity contribution in [3.63, 3.8) is 0 Å². The van der Waals surface area contributed by atoms with Crippen LogP contribution in [-0.2, 0) is 26.6 Å². The first-order chi connectivity index (χ1) is 22.2. The molecule has 230 valence electrons. The van der Waals surface area contributed by atoms with E-state index in [-0.39, 0.29) is 11.8 Å². The lowest BCUT2D eigenvalue weighted by atomic mass is 9.96. The summed E-state index contributed by atoms with van der Waals surface area (Å²) in [5.41, 5.74) is 8.20. The van der Waals surface area contributed by atoms with Gasteiger partial charge >= 0.3 is 0 Å². The van der Waals surface area contributed by atoms with E-state index in [0.717, 1.165) is 65.3 Å². The molecule has 0 bridgehead atoms. The van der Waals surface area contributed by atoms with E-state index in [0.29, 0.717) is 52.2 Å². The van der Waals surface area contributed by atoms with E-state index in [1.54, 1.807) is 6.07 Å². The molecule has 11 heteroatoms. The largest absolute Gasteiger partial charge is 0.435 e. The Morgan fingerprint density at radius 3 is 2.63 bits per heavy atom. The zero-order valence-electron chi connectivity index (χ0n) is 25.8. The molecule has 0 aliphatic carbocycles. The van der Waals surface area contributed by atoms with E-state index < -0.39 is 0 Å². The third-order valence-electron chi connectivity index (χ3n) is 8.97. The lowest BCUT2D eigenvalue weighted by Crippen LogP contribution is -2.45. The van der Waals surface area contributed by atoms with E-state index >= 15 is 0 Å². The van der Waals surface area contributed by atoms with Crippen molar-refractivity contribution in [3.05, 3.63) is 87.5 Å². The SMILES string of the molecule is Cc1c(-c2nc3cc(CN4CC(C#N)C4)cc(C#N)c3o2)cccc1-c1cccc(NC(=O)c2nc3c(n2C)CCN(C)C3)c1Cl. The number of nitrogens with zero attached hydrogens (tertiary/aromatic N) is 7. The number of carbonyl (C=O) groups is 1. The molecule has 2 aliphatic heterocycles. The van der Waals surface area contributed by atoms with Crippen molar-refractivity contribution in [2.24, 2.45) is 13.0 Å². The Morgan fingerprint density at radius 2 is 1.85 bits per heavy atom. The fourth-order valence-corrected chi connectivity index (χ4v) is 6.73. The summed E-state index contributed by atoms with van der Waals surface area (Å²) >= 11 is 6.96. The highest BCUT2D eigenvalue weighted by atomic mass is 35.5. The van der Waals surface area contributed by atoms with Gasteiger partial charge in [-0.15, -0.1) is 0 Å². The number of likely N-dealkylation sites (tertiary alicyclic amines) is 1. The van der Waals surface area contributed by atoms with E-state index in [9.17, 15) is 10.1 Å². The summed E-state index contributed by atoms with van der Waals surface area (Å²) in [5, 5.41) is 22.4. The molecule has 0 atom stereocenters. The summed E-state index contributed by atoms with van der Waals surface area (Å²) < 4.78 is 8.07. The lowest BCUT2D eigenvalue weighted by molar-refractivity contribution is 0.101. The van der Waals surface area contributed by atoms with Crippen molar-refractivity contribution in [2.75, 3.05) is 32.0 Å². The molecule has 7 rings (SSSR count). The zero-order valence-corrected chi connectivity index (χ0v) is 26.5. The maximum Gasteiger partial charge on any atom is 0.291 e. The Kier molecular flexibility index (Phi) is 7.58. The van der Waals surface area contributed by atoms with Crippen molar-refractivity contribution < 1.29 is 9.21 Å². The Hall–Kier alpha value is -5.00. The third kappa shape index (κ3) is 5.21. The molecule has 1 saturated heterocycles. The standard InChI is InChI=1S/C35H31ClN8O2/c1-20-24(26-8-5-9-27(31(26)36)40-34(45)33-39-29-19-42(2)11-10-30(29)43(33)3)6-4-7-25(20)35-41-28-13-21(12-23(15-38)32(28)46-35)16-44-17-22(14-37)18-44/h4-9,12-13,22H,10-11,16-19H2,1-3H3,(H,40,45). The normalized spacial score (nSPS) is 15.3. The summed E-state index contributed by atoms with van der Waals surface area (Å²) in [6, 6.07) is 19.7. The molecule has 46 heavy (non-hydrogen) atoms. The number of amides is 1. The van der Waals surface area contributed by atoms with Crippen molar-refractivity contribution in [1.82, 2.24) is 24.3 Å². The number of nitriles is 2. The summed E-state index contributed by atoms with van der Waals surface area (Å²) in [6.45, 7) is 5.70. The number of benzene rings is 3. The minimum atomic E-state index is -0.317. The van der Waals surface area contributed by atoms with E-state index in [1.807, 2.05) is 68.1 Å². The van der Waals surface area contributed by atoms with Crippen LogP contribution in [0.3, 0.4) is 0 Å². The number of halogens is 1. The minimum Gasteiger partial charge on any atom is -0.435 e. The van der Waals surface area contributed by atoms with Crippen LogP contribution in [0, 0.1) is 35.5 Å². The van der Waals surface area contributed by atoms with Gasteiger partial charge in [0, 0.05) is 63.0 Å². The van der Waals surface area contributed by atoms with Crippen LogP contribution in [0.4, 0.5) is 5.69 Å². The fourth-order valence-electron chi connectivity index (χ4n) is 6.46.